The second-order valence-corrected chi connectivity index (χ2v) is 6.02. The predicted octanol–water partition coefficient (Wildman–Crippen LogP) is 2.13. The van der Waals surface area contributed by atoms with E-state index in [-0.39, 0.29) is 12.1 Å². The third-order valence-electron chi connectivity index (χ3n) is 4.12. The van der Waals surface area contributed by atoms with Gasteiger partial charge in [-0.15, -0.1) is 0 Å². The summed E-state index contributed by atoms with van der Waals surface area (Å²) in [6.45, 7) is 4.15. The fourth-order valence-electron chi connectivity index (χ4n) is 2.79. The molecule has 2 amide bonds. The van der Waals surface area contributed by atoms with Crippen molar-refractivity contribution in [2.24, 2.45) is 0 Å². The maximum Gasteiger partial charge on any atom is 0.319 e. The quantitative estimate of drug-likeness (QED) is 0.851. The Morgan fingerprint density at radius 1 is 1.46 bits per heavy atom. The van der Waals surface area contributed by atoms with Crippen LogP contribution in [0.3, 0.4) is 0 Å². The Balaban J connectivity index is 1.41. The number of anilines is 1. The molecule has 1 fully saturated rings. The summed E-state index contributed by atoms with van der Waals surface area (Å²) in [7, 11) is 0. The van der Waals surface area contributed by atoms with Gasteiger partial charge in [-0.05, 0) is 43.4 Å². The second-order valence-electron chi connectivity index (χ2n) is 6.02. The van der Waals surface area contributed by atoms with Crippen molar-refractivity contribution in [2.45, 2.75) is 38.8 Å². The maximum absolute atomic E-state index is 11.9. The van der Waals surface area contributed by atoms with Gasteiger partial charge in [0.25, 0.3) is 0 Å². The lowest BCUT2D eigenvalue weighted by Crippen LogP contribution is -2.30. The van der Waals surface area contributed by atoms with Crippen molar-refractivity contribution >= 4 is 11.7 Å². The van der Waals surface area contributed by atoms with E-state index in [0.717, 1.165) is 38.0 Å². The molecule has 2 aromatic rings. The van der Waals surface area contributed by atoms with E-state index in [1.807, 2.05) is 30.1 Å². The number of hydrogen-bond donors (Lipinski definition) is 2. The molecule has 0 aromatic carbocycles. The number of nitrogens with one attached hydrogen (secondary N) is 2. The third kappa shape index (κ3) is 4.55. The first-order valence-electron chi connectivity index (χ1n) is 8.29. The van der Waals surface area contributed by atoms with E-state index < -0.39 is 0 Å². The van der Waals surface area contributed by atoms with Gasteiger partial charge in [0.05, 0.1) is 24.5 Å². The number of pyridine rings is 1. The molecule has 2 aromatic heterocycles. The lowest BCUT2D eigenvalue weighted by Gasteiger charge is -2.09. The van der Waals surface area contributed by atoms with Crippen molar-refractivity contribution in [2.75, 3.05) is 18.5 Å². The number of aromatic nitrogens is 3. The van der Waals surface area contributed by atoms with Gasteiger partial charge in [-0.2, -0.15) is 5.10 Å². The third-order valence-corrected chi connectivity index (χ3v) is 4.12. The topological polar surface area (TPSA) is 81.1 Å². The van der Waals surface area contributed by atoms with Crippen LogP contribution in [0.5, 0.6) is 0 Å². The molecule has 0 saturated carbocycles. The Morgan fingerprint density at radius 3 is 3.17 bits per heavy atom. The minimum Gasteiger partial charge on any atom is -0.376 e. The lowest BCUT2D eigenvalue weighted by molar-refractivity contribution is 0.0940. The van der Waals surface area contributed by atoms with Crippen LogP contribution < -0.4 is 10.6 Å². The molecule has 3 heterocycles. The Morgan fingerprint density at radius 2 is 2.38 bits per heavy atom. The second kappa shape index (κ2) is 7.92. The van der Waals surface area contributed by atoms with Gasteiger partial charge in [-0.1, -0.05) is 0 Å². The summed E-state index contributed by atoms with van der Waals surface area (Å²) in [5, 5.41) is 9.92. The van der Waals surface area contributed by atoms with Gasteiger partial charge in [0, 0.05) is 31.7 Å². The zero-order chi connectivity index (χ0) is 16.8. The number of ether oxygens (including phenoxy) is 1. The Kier molecular flexibility index (Phi) is 5.43. The van der Waals surface area contributed by atoms with E-state index in [4.69, 9.17) is 4.74 Å². The molecule has 2 N–H and O–H groups in total. The van der Waals surface area contributed by atoms with Gasteiger partial charge in [0.1, 0.15) is 0 Å². The lowest BCUT2D eigenvalue weighted by atomic mass is 10.1. The van der Waals surface area contributed by atoms with Crippen LogP contribution in [0.2, 0.25) is 0 Å². The first-order chi connectivity index (χ1) is 11.7. The van der Waals surface area contributed by atoms with Crippen LogP contribution in [-0.4, -0.2) is 40.1 Å². The summed E-state index contributed by atoms with van der Waals surface area (Å²) >= 11 is 0. The molecule has 7 nitrogen and oxygen atoms in total. The summed E-state index contributed by atoms with van der Waals surface area (Å²) in [6.07, 6.45) is 10.3. The molecule has 0 bridgehead atoms. The normalized spacial score (nSPS) is 17.0. The predicted molar refractivity (Wildman–Crippen MR) is 90.9 cm³/mol. The highest BCUT2D eigenvalue weighted by Crippen LogP contribution is 2.14. The van der Waals surface area contributed by atoms with E-state index in [2.05, 4.69) is 20.7 Å². The highest BCUT2D eigenvalue weighted by atomic mass is 16.5. The van der Waals surface area contributed by atoms with E-state index in [0.29, 0.717) is 12.2 Å². The van der Waals surface area contributed by atoms with E-state index in [1.165, 1.54) is 5.56 Å². The molecular formula is C17H23N5O2. The van der Waals surface area contributed by atoms with Crippen molar-refractivity contribution in [1.29, 1.82) is 0 Å². The Labute approximate surface area is 141 Å². The number of aryl methyl sites for hydroxylation is 1. The molecule has 3 rings (SSSR count). The summed E-state index contributed by atoms with van der Waals surface area (Å²) in [5.74, 6) is 0. The largest absolute Gasteiger partial charge is 0.376 e. The minimum absolute atomic E-state index is 0.224. The highest BCUT2D eigenvalue weighted by molar-refractivity contribution is 5.88. The molecule has 128 valence electrons. The molecule has 0 unspecified atom stereocenters. The monoisotopic (exact) mass is 329 g/mol. The molecule has 1 aliphatic rings. The number of hydrogen-bond acceptors (Lipinski definition) is 4. The van der Waals surface area contributed by atoms with Gasteiger partial charge in [-0.3, -0.25) is 9.67 Å². The number of carbonyl (C=O) groups excluding carboxylic acids is 1. The standard InChI is InChI=1S/C17H23N5O2/c1-13-9-18-6-4-14(13)5-7-19-17(23)21-15-10-20-22(11-15)12-16-3-2-8-24-16/h4,6,9-11,16H,2-3,5,7-8,12H2,1H3,(H2,19,21,23)/t16-/m0/s1. The van der Waals surface area contributed by atoms with Crippen LogP contribution in [0.25, 0.3) is 0 Å². The summed E-state index contributed by atoms with van der Waals surface area (Å²) in [6, 6.07) is 1.75. The van der Waals surface area contributed by atoms with Crippen LogP contribution in [-0.2, 0) is 17.7 Å². The smallest absolute Gasteiger partial charge is 0.319 e. The van der Waals surface area contributed by atoms with Gasteiger partial charge in [0.2, 0.25) is 0 Å². The van der Waals surface area contributed by atoms with Gasteiger partial charge in [0.15, 0.2) is 0 Å². The van der Waals surface area contributed by atoms with E-state index >= 15 is 0 Å². The van der Waals surface area contributed by atoms with Crippen LogP contribution in [0.1, 0.15) is 24.0 Å². The summed E-state index contributed by atoms with van der Waals surface area (Å²) in [5.41, 5.74) is 3.01. The average molecular weight is 329 g/mol. The number of carbonyl (C=O) groups is 1. The SMILES string of the molecule is Cc1cnccc1CCNC(=O)Nc1cnn(C[C@@H]2CCCO2)c1. The van der Waals surface area contributed by atoms with Crippen molar-refractivity contribution in [3.05, 3.63) is 42.0 Å². The first kappa shape index (κ1) is 16.4. The molecule has 24 heavy (non-hydrogen) atoms. The average Bonchev–Trinajstić information content (AvgIpc) is 3.22. The van der Waals surface area contributed by atoms with Crippen LogP contribution in [0.15, 0.2) is 30.9 Å². The fourth-order valence-corrected chi connectivity index (χ4v) is 2.79. The van der Waals surface area contributed by atoms with Gasteiger partial charge < -0.3 is 15.4 Å². The van der Waals surface area contributed by atoms with Gasteiger partial charge in [-0.25, -0.2) is 4.79 Å². The maximum atomic E-state index is 11.9. The number of rotatable bonds is 6. The van der Waals surface area contributed by atoms with E-state index in [9.17, 15) is 4.79 Å². The van der Waals surface area contributed by atoms with Crippen LogP contribution in [0, 0.1) is 6.92 Å². The van der Waals surface area contributed by atoms with Crippen molar-refractivity contribution in [3.8, 4) is 0 Å². The zero-order valence-corrected chi connectivity index (χ0v) is 13.9. The van der Waals surface area contributed by atoms with Crippen molar-refractivity contribution < 1.29 is 9.53 Å². The van der Waals surface area contributed by atoms with Crippen LogP contribution in [0.4, 0.5) is 10.5 Å². The van der Waals surface area contributed by atoms with Crippen molar-refractivity contribution in [3.63, 3.8) is 0 Å². The summed E-state index contributed by atoms with van der Waals surface area (Å²) < 4.78 is 7.40. The summed E-state index contributed by atoms with van der Waals surface area (Å²) in [4.78, 5) is 16.0. The molecule has 0 aliphatic carbocycles. The minimum atomic E-state index is -0.224. The molecule has 7 heteroatoms. The molecule has 1 atom stereocenters. The molecule has 0 spiro atoms. The fraction of sp³-hybridized carbons (Fsp3) is 0.471. The number of nitrogens with zero attached hydrogens (tertiary/aromatic N) is 3. The van der Waals surface area contributed by atoms with Gasteiger partial charge >= 0.3 is 6.03 Å². The number of urea groups is 1. The van der Waals surface area contributed by atoms with Crippen molar-refractivity contribution in [1.82, 2.24) is 20.1 Å². The first-order valence-corrected chi connectivity index (χ1v) is 8.29. The Hall–Kier alpha value is -2.41. The highest BCUT2D eigenvalue weighted by Gasteiger charge is 2.16. The van der Waals surface area contributed by atoms with E-state index in [1.54, 1.807) is 12.4 Å². The van der Waals surface area contributed by atoms with Crippen LogP contribution >= 0.6 is 0 Å². The molecule has 1 aliphatic heterocycles. The number of amides is 2. The molecule has 0 radical (unpaired) electrons. The molecule has 1 saturated heterocycles. The molecular weight excluding hydrogens is 306 g/mol. The zero-order valence-electron chi connectivity index (χ0n) is 13.9. The Bertz CT molecular complexity index is 679.